The molecule has 0 saturated heterocycles. The van der Waals surface area contributed by atoms with E-state index in [4.69, 9.17) is 5.53 Å². The van der Waals surface area contributed by atoms with Crippen molar-refractivity contribution in [3.8, 4) is 0 Å². The largest absolute Gasteiger partial charge is 0.385 e. The Morgan fingerprint density at radius 2 is 1.83 bits per heavy atom. The lowest BCUT2D eigenvalue weighted by molar-refractivity contribution is 0.0518. The summed E-state index contributed by atoms with van der Waals surface area (Å²) in [5, 5.41) is 15.1. The molecule has 3 aromatic rings. The van der Waals surface area contributed by atoms with Gasteiger partial charge in [0.25, 0.3) is 5.56 Å². The molecule has 0 aliphatic carbocycles. The van der Waals surface area contributed by atoms with Crippen molar-refractivity contribution >= 4 is 10.9 Å². The molecule has 0 amide bonds. The van der Waals surface area contributed by atoms with Crippen molar-refractivity contribution in [1.29, 1.82) is 0 Å². The first kappa shape index (κ1) is 20.4. The third kappa shape index (κ3) is 4.39. The van der Waals surface area contributed by atoms with Crippen LogP contribution in [0.15, 0.2) is 64.5 Å². The number of benzene rings is 2. The fourth-order valence-corrected chi connectivity index (χ4v) is 3.01. The lowest BCUT2D eigenvalue weighted by Gasteiger charge is -2.28. The molecule has 2 N–H and O–H groups in total. The van der Waals surface area contributed by atoms with Crippen molar-refractivity contribution in [2.75, 3.05) is 12.0 Å². The number of azide groups is 1. The van der Waals surface area contributed by atoms with Crippen molar-refractivity contribution in [2.24, 2.45) is 10.5 Å². The van der Waals surface area contributed by atoms with Crippen LogP contribution in [0.25, 0.3) is 21.3 Å². The zero-order valence-electron chi connectivity index (χ0n) is 16.6. The lowest BCUT2D eigenvalue weighted by Crippen LogP contribution is -2.38. The molecule has 150 valence electrons. The van der Waals surface area contributed by atoms with Crippen LogP contribution in [-0.2, 0) is 0 Å². The van der Waals surface area contributed by atoms with Crippen LogP contribution in [0.3, 0.4) is 0 Å². The third-order valence-electron chi connectivity index (χ3n) is 4.68. The number of nitrogens with zero attached hydrogens (tertiary/aromatic N) is 5. The van der Waals surface area contributed by atoms with E-state index in [0.717, 1.165) is 5.56 Å². The minimum absolute atomic E-state index is 0.165. The van der Waals surface area contributed by atoms with Crippen LogP contribution >= 0.6 is 0 Å². The monoisotopic (exact) mass is 392 g/mol. The summed E-state index contributed by atoms with van der Waals surface area (Å²) < 4.78 is 1.26. The molecule has 8 nitrogen and oxygen atoms in total. The highest BCUT2D eigenvalue weighted by atomic mass is 16.3. The Morgan fingerprint density at radius 1 is 1.17 bits per heavy atom. The second-order valence-electron chi connectivity index (χ2n) is 7.89. The fourth-order valence-electron chi connectivity index (χ4n) is 3.01. The van der Waals surface area contributed by atoms with E-state index in [-0.39, 0.29) is 17.9 Å². The van der Waals surface area contributed by atoms with Crippen LogP contribution in [0, 0.1) is 5.41 Å². The Hall–Kier alpha value is -3.35. The highest BCUT2D eigenvalue weighted by molar-refractivity contribution is 5.77. The highest BCUT2D eigenvalue weighted by Gasteiger charge is 2.29. The maximum atomic E-state index is 13.1. The number of fused-ring (bicyclic) bond motifs is 1. The van der Waals surface area contributed by atoms with Gasteiger partial charge in [0.05, 0.1) is 16.9 Å². The van der Waals surface area contributed by atoms with E-state index in [9.17, 15) is 9.90 Å². The van der Waals surface area contributed by atoms with Crippen molar-refractivity contribution in [1.82, 2.24) is 9.66 Å². The smallest absolute Gasteiger partial charge is 0.280 e. The molecule has 0 aliphatic heterocycles. The summed E-state index contributed by atoms with van der Waals surface area (Å²) in [6.45, 7) is 5.78. The van der Waals surface area contributed by atoms with Gasteiger partial charge in [0.1, 0.15) is 6.10 Å². The van der Waals surface area contributed by atoms with Crippen LogP contribution < -0.4 is 11.0 Å². The van der Waals surface area contributed by atoms with E-state index in [1.54, 1.807) is 24.3 Å². The molecular formula is C21H24N6O2. The summed E-state index contributed by atoms with van der Waals surface area (Å²) in [6, 6.07) is 15.8. The average molecular weight is 392 g/mol. The normalized spacial score (nSPS) is 13.5. The number of rotatable bonds is 6. The number of hydrogen-bond acceptors (Lipinski definition) is 5. The summed E-state index contributed by atoms with van der Waals surface area (Å²) >= 11 is 0. The van der Waals surface area contributed by atoms with Gasteiger partial charge in [-0.1, -0.05) is 68.4 Å². The summed E-state index contributed by atoms with van der Waals surface area (Å²) in [7, 11) is 0. The molecule has 3 rings (SSSR count). The molecule has 2 aromatic carbocycles. The van der Waals surface area contributed by atoms with Crippen LogP contribution in [-0.4, -0.2) is 21.3 Å². The molecule has 0 spiro atoms. The van der Waals surface area contributed by atoms with Gasteiger partial charge in [-0.15, -0.1) is 0 Å². The molecule has 0 radical (unpaired) electrons. The van der Waals surface area contributed by atoms with Crippen molar-refractivity contribution in [2.45, 2.75) is 32.9 Å². The standard InChI is InChI=1S/C21H24N6O2/c1-21(2,3)18(28)19-24-16-12-8-7-11-15(16)20(29)27(19)23-13-17(25-26-22)14-9-5-4-6-10-14/h4-12,17-18,23,28H,13H2,1-3H3/t17-,18+/m0/s1. The molecule has 2 atom stereocenters. The number of aliphatic hydroxyl groups excluding tert-OH is 1. The number of para-hydroxylation sites is 1. The topological polar surface area (TPSA) is 116 Å². The number of hydrogen-bond donors (Lipinski definition) is 2. The van der Waals surface area contributed by atoms with Crippen molar-refractivity contribution in [3.63, 3.8) is 0 Å². The molecule has 0 unspecified atom stereocenters. The molecule has 0 saturated carbocycles. The Morgan fingerprint density at radius 3 is 2.48 bits per heavy atom. The van der Waals surface area contributed by atoms with Crippen LogP contribution in [0.5, 0.6) is 0 Å². The van der Waals surface area contributed by atoms with Gasteiger partial charge in [0.2, 0.25) is 0 Å². The van der Waals surface area contributed by atoms with Crippen molar-refractivity contribution < 1.29 is 5.11 Å². The Kier molecular flexibility index (Phi) is 5.87. The van der Waals surface area contributed by atoms with Gasteiger partial charge < -0.3 is 10.5 Å². The Bertz CT molecular complexity index is 1100. The van der Waals surface area contributed by atoms with Gasteiger partial charge in [-0.25, -0.2) is 9.66 Å². The summed E-state index contributed by atoms with van der Waals surface area (Å²) in [5.74, 6) is 0.217. The SMILES string of the molecule is CC(C)(C)[C@H](O)c1nc2ccccc2c(=O)n1NC[C@H](N=[N+]=[N-])c1ccccc1. The predicted molar refractivity (Wildman–Crippen MR) is 113 cm³/mol. The van der Waals surface area contributed by atoms with Crippen LogP contribution in [0.4, 0.5) is 0 Å². The molecule has 29 heavy (non-hydrogen) atoms. The summed E-state index contributed by atoms with van der Waals surface area (Å²) in [5.41, 5.74) is 12.5. The van der Waals surface area contributed by atoms with Gasteiger partial charge in [0.15, 0.2) is 5.82 Å². The molecular weight excluding hydrogens is 368 g/mol. The molecule has 0 aliphatic rings. The fraction of sp³-hybridized carbons (Fsp3) is 0.333. The lowest BCUT2D eigenvalue weighted by atomic mass is 9.88. The first-order valence-corrected chi connectivity index (χ1v) is 9.35. The third-order valence-corrected chi connectivity index (χ3v) is 4.68. The van der Waals surface area contributed by atoms with E-state index >= 15 is 0 Å². The molecule has 1 aromatic heterocycles. The Balaban J connectivity index is 2.06. The first-order valence-electron chi connectivity index (χ1n) is 9.35. The second-order valence-corrected chi connectivity index (χ2v) is 7.89. The van der Waals surface area contributed by atoms with E-state index in [2.05, 4.69) is 20.4 Å². The summed E-state index contributed by atoms with van der Waals surface area (Å²) in [4.78, 5) is 20.6. The maximum Gasteiger partial charge on any atom is 0.280 e. The number of nitrogens with one attached hydrogen (secondary N) is 1. The van der Waals surface area contributed by atoms with Gasteiger partial charge in [-0.2, -0.15) is 0 Å². The minimum Gasteiger partial charge on any atom is -0.385 e. The first-order chi connectivity index (χ1) is 13.8. The molecule has 0 bridgehead atoms. The van der Waals surface area contributed by atoms with E-state index in [1.807, 2.05) is 51.1 Å². The Labute approximate surface area is 168 Å². The molecule has 8 heteroatoms. The zero-order chi connectivity index (χ0) is 21.0. The quantitative estimate of drug-likeness (QED) is 0.373. The minimum atomic E-state index is -0.984. The van der Waals surface area contributed by atoms with E-state index in [0.29, 0.717) is 10.9 Å². The molecule has 1 heterocycles. The number of aliphatic hydroxyl groups is 1. The van der Waals surface area contributed by atoms with E-state index in [1.165, 1.54) is 4.68 Å². The second kappa shape index (κ2) is 8.34. The van der Waals surface area contributed by atoms with Crippen molar-refractivity contribution in [3.05, 3.63) is 86.8 Å². The van der Waals surface area contributed by atoms with Crippen LogP contribution in [0.2, 0.25) is 0 Å². The average Bonchev–Trinajstić information content (AvgIpc) is 2.71. The highest BCUT2D eigenvalue weighted by Crippen LogP contribution is 2.31. The predicted octanol–water partition coefficient (Wildman–Crippen LogP) is 4.07. The van der Waals surface area contributed by atoms with Crippen LogP contribution in [0.1, 0.15) is 44.3 Å². The maximum absolute atomic E-state index is 13.1. The van der Waals surface area contributed by atoms with Gasteiger partial charge >= 0.3 is 0 Å². The number of aromatic nitrogens is 2. The van der Waals surface area contributed by atoms with Gasteiger partial charge in [-0.05, 0) is 28.6 Å². The molecule has 0 fully saturated rings. The van der Waals surface area contributed by atoms with Gasteiger partial charge in [0, 0.05) is 11.5 Å². The van der Waals surface area contributed by atoms with Gasteiger partial charge in [-0.3, -0.25) is 4.79 Å². The van der Waals surface area contributed by atoms with E-state index < -0.39 is 17.6 Å². The summed E-state index contributed by atoms with van der Waals surface area (Å²) in [6.07, 6.45) is -0.984. The zero-order valence-corrected chi connectivity index (χ0v) is 16.6.